The van der Waals surface area contributed by atoms with Gasteiger partial charge in [0, 0.05) is 0 Å². The Kier molecular flexibility index (Phi) is 4.74. The van der Waals surface area contributed by atoms with Gasteiger partial charge < -0.3 is 15.2 Å². The highest BCUT2D eigenvalue weighted by Gasteiger charge is 2.40. The maximum Gasteiger partial charge on any atom is 0.305 e. The second kappa shape index (κ2) is 6.38. The Morgan fingerprint density at radius 1 is 1.23 bits per heavy atom. The first-order valence-corrected chi connectivity index (χ1v) is 7.55. The molecule has 5 heteroatoms. The maximum atomic E-state index is 12.1. The molecule has 1 aromatic rings. The fourth-order valence-electron chi connectivity index (χ4n) is 3.10. The van der Waals surface area contributed by atoms with Crippen LogP contribution in [0, 0.1) is 20.8 Å². The average molecular weight is 305 g/mol. The molecule has 1 aliphatic rings. The van der Waals surface area contributed by atoms with E-state index in [1.54, 1.807) is 0 Å². The number of carbonyl (C=O) groups is 2. The first-order valence-electron chi connectivity index (χ1n) is 7.55. The predicted octanol–water partition coefficient (Wildman–Crippen LogP) is 2.50. The van der Waals surface area contributed by atoms with Crippen LogP contribution in [0.2, 0.25) is 0 Å². The molecular formula is C17H23NO4. The Balaban J connectivity index is 1.94. The summed E-state index contributed by atoms with van der Waals surface area (Å²) in [6.07, 6.45) is 2.35. The quantitative estimate of drug-likeness (QED) is 0.846. The van der Waals surface area contributed by atoms with Crippen LogP contribution in [-0.4, -0.2) is 29.1 Å². The summed E-state index contributed by atoms with van der Waals surface area (Å²) >= 11 is 0. The van der Waals surface area contributed by atoms with E-state index in [4.69, 9.17) is 9.84 Å². The van der Waals surface area contributed by atoms with Crippen molar-refractivity contribution in [1.82, 2.24) is 5.32 Å². The van der Waals surface area contributed by atoms with Crippen LogP contribution >= 0.6 is 0 Å². The number of aliphatic carboxylic acids is 1. The zero-order chi connectivity index (χ0) is 16.3. The topological polar surface area (TPSA) is 75.6 Å². The molecular weight excluding hydrogens is 282 g/mol. The number of hydrogen-bond acceptors (Lipinski definition) is 3. The van der Waals surface area contributed by atoms with Gasteiger partial charge in [-0.1, -0.05) is 17.7 Å². The molecule has 0 atom stereocenters. The van der Waals surface area contributed by atoms with E-state index in [-0.39, 0.29) is 18.9 Å². The van der Waals surface area contributed by atoms with Gasteiger partial charge in [0.1, 0.15) is 5.75 Å². The zero-order valence-electron chi connectivity index (χ0n) is 13.4. The van der Waals surface area contributed by atoms with Crippen LogP contribution < -0.4 is 10.1 Å². The van der Waals surface area contributed by atoms with Gasteiger partial charge in [0.2, 0.25) is 0 Å². The Morgan fingerprint density at radius 2 is 1.82 bits per heavy atom. The minimum Gasteiger partial charge on any atom is -0.483 e. The number of rotatable bonds is 6. The van der Waals surface area contributed by atoms with E-state index in [1.807, 2.05) is 32.9 Å². The number of benzene rings is 1. The Morgan fingerprint density at radius 3 is 2.27 bits per heavy atom. The molecule has 0 spiro atoms. The second-order valence-electron chi connectivity index (χ2n) is 6.27. The van der Waals surface area contributed by atoms with Crippen molar-refractivity contribution >= 4 is 11.9 Å². The molecule has 0 saturated heterocycles. The molecule has 1 aromatic carbocycles. The Labute approximate surface area is 130 Å². The number of carboxylic acid groups (broad SMARTS) is 1. The van der Waals surface area contributed by atoms with E-state index in [0.717, 1.165) is 28.9 Å². The SMILES string of the molecule is Cc1cc(C)c(OCC(=O)NC2(CC(=O)O)CCC2)c(C)c1. The maximum absolute atomic E-state index is 12.1. The van der Waals surface area contributed by atoms with Crippen LogP contribution in [0.5, 0.6) is 5.75 Å². The van der Waals surface area contributed by atoms with Gasteiger partial charge in [-0.25, -0.2) is 0 Å². The molecule has 0 unspecified atom stereocenters. The monoisotopic (exact) mass is 305 g/mol. The van der Waals surface area contributed by atoms with Crippen molar-refractivity contribution in [2.45, 2.75) is 52.0 Å². The lowest BCUT2D eigenvalue weighted by atomic mass is 9.74. The summed E-state index contributed by atoms with van der Waals surface area (Å²) in [7, 11) is 0. The minimum absolute atomic E-state index is 0.0265. The van der Waals surface area contributed by atoms with Crippen molar-refractivity contribution in [3.05, 3.63) is 28.8 Å². The number of aryl methyl sites for hydroxylation is 3. The van der Waals surface area contributed by atoms with Crippen LogP contribution in [0.4, 0.5) is 0 Å². The van der Waals surface area contributed by atoms with Crippen molar-refractivity contribution in [1.29, 1.82) is 0 Å². The first kappa shape index (κ1) is 16.3. The lowest BCUT2D eigenvalue weighted by Crippen LogP contribution is -2.55. The molecule has 1 fully saturated rings. The summed E-state index contributed by atoms with van der Waals surface area (Å²) in [5.41, 5.74) is 2.56. The van der Waals surface area contributed by atoms with E-state index in [2.05, 4.69) is 5.32 Å². The van der Waals surface area contributed by atoms with Crippen LogP contribution in [0.25, 0.3) is 0 Å². The number of hydrogen-bond donors (Lipinski definition) is 2. The van der Waals surface area contributed by atoms with Crippen LogP contribution in [0.15, 0.2) is 12.1 Å². The van der Waals surface area contributed by atoms with Crippen LogP contribution in [-0.2, 0) is 9.59 Å². The Hall–Kier alpha value is -2.04. The van der Waals surface area contributed by atoms with E-state index in [1.165, 1.54) is 0 Å². The average Bonchev–Trinajstić information content (AvgIpc) is 2.34. The van der Waals surface area contributed by atoms with E-state index in [0.29, 0.717) is 12.8 Å². The summed E-state index contributed by atoms with van der Waals surface area (Å²) in [5, 5.41) is 11.8. The van der Waals surface area contributed by atoms with Gasteiger partial charge in [0.05, 0.1) is 12.0 Å². The molecule has 1 amide bonds. The molecule has 0 aliphatic heterocycles. The van der Waals surface area contributed by atoms with Crippen molar-refractivity contribution in [2.24, 2.45) is 0 Å². The van der Waals surface area contributed by atoms with Gasteiger partial charge >= 0.3 is 5.97 Å². The molecule has 5 nitrogen and oxygen atoms in total. The lowest BCUT2D eigenvalue weighted by Gasteiger charge is -2.41. The highest BCUT2D eigenvalue weighted by molar-refractivity contribution is 5.80. The lowest BCUT2D eigenvalue weighted by molar-refractivity contribution is -0.140. The largest absolute Gasteiger partial charge is 0.483 e. The smallest absolute Gasteiger partial charge is 0.305 e. The van der Waals surface area contributed by atoms with Gasteiger partial charge in [0.25, 0.3) is 5.91 Å². The van der Waals surface area contributed by atoms with Gasteiger partial charge in [0.15, 0.2) is 6.61 Å². The van der Waals surface area contributed by atoms with Gasteiger partial charge in [-0.3, -0.25) is 9.59 Å². The fraction of sp³-hybridized carbons (Fsp3) is 0.529. The van der Waals surface area contributed by atoms with Crippen molar-refractivity contribution in [3.63, 3.8) is 0 Å². The normalized spacial score (nSPS) is 15.8. The number of nitrogens with one attached hydrogen (secondary N) is 1. The summed E-state index contributed by atoms with van der Waals surface area (Å²) < 4.78 is 5.64. The molecule has 2 N–H and O–H groups in total. The van der Waals surface area contributed by atoms with E-state index in [9.17, 15) is 9.59 Å². The summed E-state index contributed by atoms with van der Waals surface area (Å²) in [4.78, 5) is 23.0. The molecule has 120 valence electrons. The summed E-state index contributed by atoms with van der Waals surface area (Å²) in [5.74, 6) is -0.423. The molecule has 22 heavy (non-hydrogen) atoms. The van der Waals surface area contributed by atoms with E-state index >= 15 is 0 Å². The third-order valence-electron chi connectivity index (χ3n) is 4.16. The molecule has 0 bridgehead atoms. The van der Waals surface area contributed by atoms with Crippen LogP contribution in [0.1, 0.15) is 42.4 Å². The number of ether oxygens (including phenoxy) is 1. The molecule has 0 radical (unpaired) electrons. The summed E-state index contributed by atoms with van der Waals surface area (Å²) in [6.45, 7) is 5.82. The van der Waals surface area contributed by atoms with E-state index < -0.39 is 11.5 Å². The molecule has 2 rings (SSSR count). The number of carbonyl (C=O) groups excluding carboxylic acids is 1. The number of carboxylic acids is 1. The third kappa shape index (κ3) is 3.78. The molecule has 1 saturated carbocycles. The highest BCUT2D eigenvalue weighted by atomic mass is 16.5. The fourth-order valence-corrected chi connectivity index (χ4v) is 3.10. The second-order valence-corrected chi connectivity index (χ2v) is 6.27. The summed E-state index contributed by atoms with van der Waals surface area (Å²) in [6, 6.07) is 4.02. The first-order chi connectivity index (χ1) is 10.3. The number of amides is 1. The van der Waals surface area contributed by atoms with Gasteiger partial charge in [-0.15, -0.1) is 0 Å². The minimum atomic E-state index is -0.883. The molecule has 1 aliphatic carbocycles. The van der Waals surface area contributed by atoms with Crippen molar-refractivity contribution in [3.8, 4) is 5.75 Å². The predicted molar refractivity (Wildman–Crippen MR) is 83.1 cm³/mol. The molecule has 0 aromatic heterocycles. The molecule has 0 heterocycles. The standard InChI is InChI=1S/C17H23NO4/c1-11-7-12(2)16(13(3)8-11)22-10-14(19)18-17(5-4-6-17)9-15(20)21/h7-8H,4-6,9-10H2,1-3H3,(H,18,19)(H,20,21). The van der Waals surface area contributed by atoms with Crippen molar-refractivity contribution < 1.29 is 19.4 Å². The third-order valence-corrected chi connectivity index (χ3v) is 4.16. The zero-order valence-corrected chi connectivity index (χ0v) is 13.4. The van der Waals surface area contributed by atoms with Crippen LogP contribution in [0.3, 0.4) is 0 Å². The van der Waals surface area contributed by atoms with Crippen molar-refractivity contribution in [2.75, 3.05) is 6.61 Å². The highest BCUT2D eigenvalue weighted by Crippen LogP contribution is 2.35. The van der Waals surface area contributed by atoms with Gasteiger partial charge in [-0.05, 0) is 51.2 Å². The Bertz CT molecular complexity index is 567. The van der Waals surface area contributed by atoms with Gasteiger partial charge in [-0.2, -0.15) is 0 Å².